The van der Waals surface area contributed by atoms with Crippen molar-refractivity contribution in [2.45, 2.75) is 148 Å². The molecule has 0 aliphatic heterocycles. The van der Waals surface area contributed by atoms with Crippen LogP contribution < -0.4 is 5.32 Å². The molecule has 2 rings (SSSR count). The zero-order chi connectivity index (χ0) is 32.5. The van der Waals surface area contributed by atoms with Gasteiger partial charge in [0, 0.05) is 18.5 Å². The molecule has 1 aliphatic carbocycles. The van der Waals surface area contributed by atoms with Crippen molar-refractivity contribution in [3.8, 4) is 0 Å². The minimum Gasteiger partial charge on any atom is -0.469 e. The molecule has 1 unspecified atom stereocenters. The first kappa shape index (κ1) is 37.7. The second-order valence-electron chi connectivity index (χ2n) is 15.7. The number of esters is 1. The number of unbranched alkanes of at least 4 members (excludes halogenated alkanes) is 3. The van der Waals surface area contributed by atoms with Gasteiger partial charge >= 0.3 is 5.97 Å². The minimum absolute atomic E-state index is 0.106. The first-order valence-electron chi connectivity index (χ1n) is 16.6. The normalized spacial score (nSPS) is 21.6. The Morgan fingerprint density at radius 3 is 1.79 bits per heavy atom. The van der Waals surface area contributed by atoms with Crippen LogP contribution >= 0.6 is 0 Å². The van der Waals surface area contributed by atoms with E-state index >= 15 is 0 Å². The lowest BCUT2D eigenvalue weighted by Crippen LogP contribution is -2.45. The molecule has 1 aromatic rings. The standard InChI is InChI=1S/C35H63NO5Si2/c1-34(2,3)42(8,9)40-31-25-32(41-43(10,11)35(4,5)6)30(29(31)21-17-12-13-18-22-33(38)39-7)24-23-28(37)26-36-27-19-15-14-16-20-27/h14-16,19-20,29-32,36H,12-13,17-18,21-26H2,1-11H3/t29-,30-,31+,32?/m1/s1. The average Bonchev–Trinajstić information content (AvgIpc) is 3.21. The van der Waals surface area contributed by atoms with Crippen LogP contribution in [0.25, 0.3) is 0 Å². The molecule has 0 saturated heterocycles. The number of ether oxygens (including phenoxy) is 1. The summed E-state index contributed by atoms with van der Waals surface area (Å²) in [6.07, 6.45) is 8.16. The topological polar surface area (TPSA) is 73.9 Å². The van der Waals surface area contributed by atoms with Crippen molar-refractivity contribution in [3.05, 3.63) is 30.3 Å². The van der Waals surface area contributed by atoms with Gasteiger partial charge in [-0.15, -0.1) is 0 Å². The van der Waals surface area contributed by atoms with Crippen LogP contribution in [-0.4, -0.2) is 54.2 Å². The summed E-state index contributed by atoms with van der Waals surface area (Å²) >= 11 is 0. The van der Waals surface area contributed by atoms with Gasteiger partial charge in [-0.25, -0.2) is 0 Å². The average molecular weight is 634 g/mol. The number of Topliss-reactive ketones (excluding diaryl/α,β-unsaturated/α-hetero) is 1. The number of methoxy groups -OCH3 is 1. The Morgan fingerprint density at radius 2 is 1.28 bits per heavy atom. The summed E-state index contributed by atoms with van der Waals surface area (Å²) in [4.78, 5) is 24.7. The van der Waals surface area contributed by atoms with E-state index in [1.807, 2.05) is 30.3 Å². The van der Waals surface area contributed by atoms with Crippen LogP contribution in [0.1, 0.15) is 99.3 Å². The number of carbonyl (C=O) groups is 2. The number of benzene rings is 1. The van der Waals surface area contributed by atoms with Gasteiger partial charge in [0.05, 0.1) is 25.9 Å². The Kier molecular flexibility index (Phi) is 14.2. The fourth-order valence-electron chi connectivity index (χ4n) is 5.59. The van der Waals surface area contributed by atoms with Crippen LogP contribution in [0.2, 0.25) is 36.3 Å². The van der Waals surface area contributed by atoms with Crippen LogP contribution in [0.15, 0.2) is 30.3 Å². The van der Waals surface area contributed by atoms with Crippen molar-refractivity contribution >= 4 is 34.1 Å². The predicted octanol–water partition coefficient (Wildman–Crippen LogP) is 9.38. The molecule has 6 nitrogen and oxygen atoms in total. The highest BCUT2D eigenvalue weighted by molar-refractivity contribution is 6.74. The first-order chi connectivity index (χ1) is 19.9. The van der Waals surface area contributed by atoms with Crippen LogP contribution in [-0.2, 0) is 23.2 Å². The summed E-state index contributed by atoms with van der Waals surface area (Å²) in [5, 5.41) is 3.53. The lowest BCUT2D eigenvalue weighted by Gasteiger charge is -2.40. The van der Waals surface area contributed by atoms with E-state index in [1.165, 1.54) is 7.11 Å². The smallest absolute Gasteiger partial charge is 0.305 e. The second kappa shape index (κ2) is 16.2. The van der Waals surface area contributed by atoms with Crippen LogP contribution in [0.5, 0.6) is 0 Å². The molecule has 1 saturated carbocycles. The van der Waals surface area contributed by atoms with E-state index in [1.54, 1.807) is 0 Å². The number of hydrogen-bond donors (Lipinski definition) is 1. The Labute approximate surface area is 265 Å². The lowest BCUT2D eigenvalue weighted by atomic mass is 9.85. The van der Waals surface area contributed by atoms with Gasteiger partial charge in [0.15, 0.2) is 22.4 Å². The van der Waals surface area contributed by atoms with Gasteiger partial charge in [-0.3, -0.25) is 9.59 Å². The summed E-state index contributed by atoms with van der Waals surface area (Å²) in [7, 11) is -2.59. The van der Waals surface area contributed by atoms with Gasteiger partial charge < -0.3 is 18.9 Å². The fraction of sp³-hybridized carbons (Fsp3) is 0.771. The monoisotopic (exact) mass is 633 g/mol. The summed E-state index contributed by atoms with van der Waals surface area (Å²) in [5.41, 5.74) is 0.976. The first-order valence-corrected chi connectivity index (χ1v) is 22.4. The minimum atomic E-state index is -2.03. The highest BCUT2D eigenvalue weighted by Crippen LogP contribution is 2.49. The van der Waals surface area contributed by atoms with Gasteiger partial charge in [-0.05, 0) is 85.9 Å². The Hall–Kier alpha value is -1.49. The molecule has 1 N–H and O–H groups in total. The molecule has 0 heterocycles. The number of ketones is 1. The third kappa shape index (κ3) is 11.8. The molecule has 43 heavy (non-hydrogen) atoms. The maximum absolute atomic E-state index is 13.1. The lowest BCUT2D eigenvalue weighted by molar-refractivity contribution is -0.140. The zero-order valence-corrected chi connectivity index (χ0v) is 31.3. The van der Waals surface area contributed by atoms with Gasteiger partial charge in [0.25, 0.3) is 0 Å². The van der Waals surface area contributed by atoms with Crippen molar-refractivity contribution in [2.24, 2.45) is 11.8 Å². The second-order valence-corrected chi connectivity index (χ2v) is 25.2. The molecule has 1 fully saturated rings. The van der Waals surface area contributed by atoms with Crippen LogP contribution in [0, 0.1) is 11.8 Å². The third-order valence-electron chi connectivity index (χ3n) is 10.4. The van der Waals surface area contributed by atoms with E-state index in [4.69, 9.17) is 13.6 Å². The van der Waals surface area contributed by atoms with Crippen LogP contribution in [0.4, 0.5) is 5.69 Å². The molecule has 1 aromatic carbocycles. The van der Waals surface area contributed by atoms with E-state index in [0.29, 0.717) is 31.2 Å². The van der Waals surface area contributed by atoms with Crippen LogP contribution in [0.3, 0.4) is 0 Å². The molecule has 0 aromatic heterocycles. The predicted molar refractivity (Wildman–Crippen MR) is 185 cm³/mol. The third-order valence-corrected chi connectivity index (χ3v) is 19.4. The number of rotatable bonds is 17. The van der Waals surface area contributed by atoms with Gasteiger partial charge in [-0.2, -0.15) is 0 Å². The van der Waals surface area contributed by atoms with E-state index in [-0.39, 0.29) is 34.0 Å². The Bertz CT molecular complexity index is 1000. The zero-order valence-electron chi connectivity index (χ0n) is 29.3. The summed E-state index contributed by atoms with van der Waals surface area (Å²) in [6.45, 7) is 23.6. The van der Waals surface area contributed by atoms with E-state index in [9.17, 15) is 9.59 Å². The number of para-hydroxylation sites is 1. The van der Waals surface area contributed by atoms with Gasteiger partial charge in [-0.1, -0.05) is 79.0 Å². The number of carbonyl (C=O) groups excluding carboxylic acids is 2. The van der Waals surface area contributed by atoms with E-state index in [2.05, 4.69) is 73.0 Å². The summed E-state index contributed by atoms with van der Waals surface area (Å²) in [6, 6.07) is 9.94. The summed E-state index contributed by atoms with van der Waals surface area (Å²) < 4.78 is 19.2. The molecule has 0 spiro atoms. The van der Waals surface area contributed by atoms with Crippen molar-refractivity contribution in [1.82, 2.24) is 0 Å². The van der Waals surface area contributed by atoms with Gasteiger partial charge in [0.1, 0.15) is 0 Å². The van der Waals surface area contributed by atoms with Crippen molar-refractivity contribution < 1.29 is 23.2 Å². The Morgan fingerprint density at radius 1 is 0.767 bits per heavy atom. The molecule has 0 bridgehead atoms. The largest absolute Gasteiger partial charge is 0.469 e. The molecule has 1 aliphatic rings. The maximum Gasteiger partial charge on any atom is 0.305 e. The SMILES string of the molecule is COC(=O)CCCCCC[C@H]1[C@@H](O[Si](C)(C)C(C)(C)C)CC(O[Si](C)(C)C(C)(C)C)[C@@H]1CCC(=O)CNc1ccccc1. The molecule has 246 valence electrons. The van der Waals surface area contributed by atoms with Crippen molar-refractivity contribution in [3.63, 3.8) is 0 Å². The number of anilines is 1. The number of hydrogen-bond acceptors (Lipinski definition) is 6. The Balaban J connectivity index is 2.24. The molecular formula is C35H63NO5Si2. The molecule has 8 heteroatoms. The number of nitrogens with one attached hydrogen (secondary N) is 1. The van der Waals surface area contributed by atoms with E-state index < -0.39 is 16.6 Å². The van der Waals surface area contributed by atoms with Crippen molar-refractivity contribution in [2.75, 3.05) is 19.0 Å². The summed E-state index contributed by atoms with van der Waals surface area (Å²) in [5.74, 6) is 0.764. The molecule has 0 radical (unpaired) electrons. The van der Waals surface area contributed by atoms with Gasteiger partial charge in [0.2, 0.25) is 0 Å². The van der Waals surface area contributed by atoms with E-state index in [0.717, 1.165) is 50.6 Å². The molecule has 4 atom stereocenters. The molecule has 0 amide bonds. The molecular weight excluding hydrogens is 571 g/mol. The highest BCUT2D eigenvalue weighted by atomic mass is 28.4. The highest BCUT2D eigenvalue weighted by Gasteiger charge is 2.51. The quantitative estimate of drug-likeness (QED) is 0.105. The fourth-order valence-corrected chi connectivity index (χ4v) is 8.35. The maximum atomic E-state index is 13.1. The van der Waals surface area contributed by atoms with Crippen molar-refractivity contribution in [1.29, 1.82) is 0 Å².